The largest absolute Gasteiger partial charge is 0.497 e. The molecule has 0 unspecified atom stereocenters. The van der Waals surface area contributed by atoms with Gasteiger partial charge in [0.1, 0.15) is 11.5 Å². The molecule has 3 N–H and O–H groups in total. The number of carbonyl (C=O) groups is 1. The molecule has 2 atom stereocenters. The van der Waals surface area contributed by atoms with Crippen molar-refractivity contribution >= 4 is 11.8 Å². The van der Waals surface area contributed by atoms with E-state index in [4.69, 9.17) is 29.8 Å². The molecule has 1 aliphatic heterocycles. The van der Waals surface area contributed by atoms with Gasteiger partial charge in [-0.1, -0.05) is 54.9 Å². The number of nitrogens with one attached hydrogen (secondary N) is 2. The average molecular weight is 587 g/mol. The lowest BCUT2D eigenvalue weighted by Crippen LogP contribution is -2.54. The Balaban J connectivity index is 1.81. The van der Waals surface area contributed by atoms with E-state index in [0.29, 0.717) is 42.5 Å². The summed E-state index contributed by atoms with van der Waals surface area (Å²) in [6.45, 7) is 3.27. The third-order valence-corrected chi connectivity index (χ3v) is 7.17. The first kappa shape index (κ1) is 31.4. The van der Waals surface area contributed by atoms with Crippen molar-refractivity contribution in [2.75, 3.05) is 26.9 Å². The summed E-state index contributed by atoms with van der Waals surface area (Å²) in [5.41, 5.74) is 16.5. The second-order valence-corrected chi connectivity index (χ2v) is 10.1. The van der Waals surface area contributed by atoms with Crippen molar-refractivity contribution in [3.63, 3.8) is 0 Å². The molecule has 1 heterocycles. The molecular weight excluding hydrogens is 548 g/mol. The molecule has 11 heteroatoms. The van der Waals surface area contributed by atoms with Crippen molar-refractivity contribution in [1.82, 2.24) is 10.9 Å². The molecular formula is C32H38N6O5. The molecule has 1 amide bonds. The Labute approximate surface area is 251 Å². The number of ether oxygens (including phenoxy) is 3. The normalized spacial score (nSPS) is 17.4. The van der Waals surface area contributed by atoms with Crippen LogP contribution in [0.25, 0.3) is 10.4 Å². The second-order valence-electron chi connectivity index (χ2n) is 10.1. The Morgan fingerprint density at radius 1 is 1.09 bits per heavy atom. The number of rotatable bonds is 16. The van der Waals surface area contributed by atoms with E-state index in [-0.39, 0.29) is 25.5 Å². The van der Waals surface area contributed by atoms with Crippen LogP contribution in [0.3, 0.4) is 0 Å². The SMILES string of the molecule is CCCCNNC(=O)[C@@]1(Cc2ccccc2CN=[N+]=[N-])N=C(c2ccc(OCCCO)cc2)O[C@H]1c1cccc(OC)c1. The molecule has 0 aromatic heterocycles. The quantitative estimate of drug-likeness (QED) is 0.0691. The van der Waals surface area contributed by atoms with Gasteiger partial charge in [-0.05, 0) is 65.0 Å². The van der Waals surface area contributed by atoms with Crippen LogP contribution in [0.2, 0.25) is 0 Å². The average Bonchev–Trinajstić information content (AvgIpc) is 3.43. The molecule has 43 heavy (non-hydrogen) atoms. The maximum absolute atomic E-state index is 14.3. The van der Waals surface area contributed by atoms with Crippen molar-refractivity contribution < 1.29 is 24.1 Å². The maximum Gasteiger partial charge on any atom is 0.266 e. The molecule has 0 spiro atoms. The van der Waals surface area contributed by atoms with Crippen LogP contribution >= 0.6 is 0 Å². The predicted octanol–water partition coefficient (Wildman–Crippen LogP) is 5.19. The number of aliphatic hydroxyl groups is 1. The highest BCUT2D eigenvalue weighted by atomic mass is 16.5. The zero-order valence-corrected chi connectivity index (χ0v) is 24.5. The van der Waals surface area contributed by atoms with Gasteiger partial charge in [0.25, 0.3) is 5.91 Å². The minimum absolute atomic E-state index is 0.0534. The van der Waals surface area contributed by atoms with Crippen molar-refractivity contribution in [3.8, 4) is 11.5 Å². The molecule has 0 aliphatic carbocycles. The van der Waals surface area contributed by atoms with Gasteiger partial charge in [-0.2, -0.15) is 0 Å². The summed E-state index contributed by atoms with van der Waals surface area (Å²) in [7, 11) is 1.59. The number of azide groups is 1. The van der Waals surface area contributed by atoms with E-state index in [1.807, 2.05) is 60.7 Å². The molecule has 4 rings (SSSR count). The molecule has 1 aliphatic rings. The van der Waals surface area contributed by atoms with Crippen molar-refractivity contribution in [3.05, 3.63) is 105 Å². The smallest absolute Gasteiger partial charge is 0.266 e. The number of carbonyl (C=O) groups excluding carboxylic acids is 1. The van der Waals surface area contributed by atoms with E-state index >= 15 is 0 Å². The number of hydrazine groups is 1. The summed E-state index contributed by atoms with van der Waals surface area (Å²) in [4.78, 5) is 22.2. The summed E-state index contributed by atoms with van der Waals surface area (Å²) in [6.07, 6.45) is 1.76. The Morgan fingerprint density at radius 3 is 2.60 bits per heavy atom. The maximum atomic E-state index is 14.3. The van der Waals surface area contributed by atoms with Crippen LogP contribution < -0.4 is 20.3 Å². The van der Waals surface area contributed by atoms with E-state index in [2.05, 4.69) is 27.8 Å². The van der Waals surface area contributed by atoms with Gasteiger partial charge in [0.15, 0.2) is 11.6 Å². The Bertz CT molecular complexity index is 1440. The summed E-state index contributed by atoms with van der Waals surface area (Å²) >= 11 is 0. The Hall–Kier alpha value is -4.57. The Morgan fingerprint density at radius 2 is 1.88 bits per heavy atom. The lowest BCUT2D eigenvalue weighted by Gasteiger charge is -2.31. The van der Waals surface area contributed by atoms with Crippen LogP contribution in [0, 0.1) is 0 Å². The van der Waals surface area contributed by atoms with Crippen LogP contribution in [-0.4, -0.2) is 49.3 Å². The van der Waals surface area contributed by atoms with Gasteiger partial charge >= 0.3 is 0 Å². The number of hydrogen-bond donors (Lipinski definition) is 3. The molecule has 3 aromatic carbocycles. The highest BCUT2D eigenvalue weighted by Crippen LogP contribution is 2.43. The van der Waals surface area contributed by atoms with Crippen LogP contribution in [-0.2, 0) is 22.5 Å². The summed E-state index contributed by atoms with van der Waals surface area (Å²) in [5, 5.41) is 12.8. The molecule has 11 nitrogen and oxygen atoms in total. The highest BCUT2D eigenvalue weighted by molar-refractivity contribution is 6.01. The third kappa shape index (κ3) is 7.84. The third-order valence-electron chi connectivity index (χ3n) is 7.17. The summed E-state index contributed by atoms with van der Waals surface area (Å²) in [5.74, 6) is 1.23. The first-order valence-electron chi connectivity index (χ1n) is 14.4. The Kier molecular flexibility index (Phi) is 11.4. The zero-order chi connectivity index (χ0) is 30.5. The summed E-state index contributed by atoms with van der Waals surface area (Å²) < 4.78 is 17.8. The van der Waals surface area contributed by atoms with Gasteiger partial charge in [-0.15, -0.1) is 0 Å². The van der Waals surface area contributed by atoms with Crippen LogP contribution in [0.15, 0.2) is 82.9 Å². The van der Waals surface area contributed by atoms with E-state index in [1.165, 1.54) is 0 Å². The number of amides is 1. The number of benzene rings is 3. The van der Waals surface area contributed by atoms with E-state index < -0.39 is 11.6 Å². The van der Waals surface area contributed by atoms with Crippen LogP contribution in [0.4, 0.5) is 0 Å². The second kappa shape index (κ2) is 15.6. The lowest BCUT2D eigenvalue weighted by molar-refractivity contribution is -0.130. The number of aliphatic imine (C=N–C) groups is 1. The first-order chi connectivity index (χ1) is 21.0. The van der Waals surface area contributed by atoms with E-state index in [0.717, 1.165) is 29.5 Å². The van der Waals surface area contributed by atoms with E-state index in [1.54, 1.807) is 19.2 Å². The number of methoxy groups -OCH3 is 1. The topological polar surface area (TPSA) is 150 Å². The van der Waals surface area contributed by atoms with Crippen molar-refractivity contribution in [2.45, 2.75) is 50.8 Å². The molecule has 0 radical (unpaired) electrons. The minimum atomic E-state index is -1.43. The highest BCUT2D eigenvalue weighted by Gasteiger charge is 2.53. The predicted molar refractivity (Wildman–Crippen MR) is 164 cm³/mol. The lowest BCUT2D eigenvalue weighted by atomic mass is 9.81. The first-order valence-corrected chi connectivity index (χ1v) is 14.4. The fraction of sp³-hybridized carbons (Fsp3) is 0.375. The number of hydrogen-bond acceptors (Lipinski definition) is 8. The van der Waals surface area contributed by atoms with Gasteiger partial charge in [-0.3, -0.25) is 10.2 Å². The standard InChI is InChI=1S/C32H38N6O5/c1-3-4-17-34-37-31(40)32(21-25-9-5-6-10-26(25)22-35-38-33)29(24-11-7-12-28(20-24)41-2)43-30(36-32)23-13-15-27(16-14-23)42-19-8-18-39/h5-7,9-16,20,29,34,39H,3-4,8,17-19,21-22H2,1-2H3,(H,37,40)/t29-,32-/m0/s1. The number of aliphatic hydroxyl groups excluding tert-OH is 1. The minimum Gasteiger partial charge on any atom is -0.497 e. The molecule has 0 saturated carbocycles. The number of unbranched alkanes of at least 4 members (excludes halogenated alkanes) is 1. The molecule has 3 aromatic rings. The number of nitrogens with zero attached hydrogens (tertiary/aromatic N) is 4. The molecule has 0 bridgehead atoms. The fourth-order valence-electron chi connectivity index (χ4n) is 4.89. The van der Waals surface area contributed by atoms with Crippen molar-refractivity contribution in [2.24, 2.45) is 10.1 Å². The van der Waals surface area contributed by atoms with Crippen molar-refractivity contribution in [1.29, 1.82) is 0 Å². The van der Waals surface area contributed by atoms with Gasteiger partial charge in [0, 0.05) is 36.5 Å². The van der Waals surface area contributed by atoms with Gasteiger partial charge in [0.05, 0.1) is 20.3 Å². The van der Waals surface area contributed by atoms with E-state index in [9.17, 15) is 4.79 Å². The molecule has 0 saturated heterocycles. The van der Waals surface area contributed by atoms with Gasteiger partial charge in [0.2, 0.25) is 5.90 Å². The molecule has 226 valence electrons. The molecule has 0 fully saturated rings. The summed E-state index contributed by atoms with van der Waals surface area (Å²) in [6, 6.07) is 22.2. The monoisotopic (exact) mass is 586 g/mol. The van der Waals surface area contributed by atoms with Gasteiger partial charge < -0.3 is 19.3 Å². The zero-order valence-electron chi connectivity index (χ0n) is 24.5. The fourth-order valence-corrected chi connectivity index (χ4v) is 4.89. The van der Waals surface area contributed by atoms with Crippen LogP contribution in [0.5, 0.6) is 11.5 Å². The van der Waals surface area contributed by atoms with Crippen LogP contribution in [0.1, 0.15) is 54.5 Å². The van der Waals surface area contributed by atoms with Gasteiger partial charge in [-0.25, -0.2) is 10.4 Å².